The Hall–Kier alpha value is -0.0400. The van der Waals surface area contributed by atoms with Gasteiger partial charge in [0.25, 0.3) is 0 Å². The van der Waals surface area contributed by atoms with E-state index < -0.39 is 0 Å². The Bertz CT molecular complexity index is 281. The zero-order chi connectivity index (χ0) is 14.2. The van der Waals surface area contributed by atoms with Crippen LogP contribution in [0, 0.1) is 35.0 Å². The molecule has 2 aliphatic rings. The van der Waals surface area contributed by atoms with E-state index in [-0.39, 0.29) is 0 Å². The highest BCUT2D eigenvalue weighted by atomic mass is 14.7. The van der Waals surface area contributed by atoms with Crippen molar-refractivity contribution in [1.82, 2.24) is 0 Å². The molecule has 5 atom stereocenters. The third kappa shape index (κ3) is 3.74. The molecule has 0 amide bonds. The van der Waals surface area contributed by atoms with Crippen LogP contribution in [0.4, 0.5) is 0 Å². The average Bonchev–Trinajstić information content (AvgIpc) is 2.26. The normalized spacial score (nSPS) is 45.2. The third-order valence-electron chi connectivity index (χ3n) is 6.00. The van der Waals surface area contributed by atoms with Crippen molar-refractivity contribution in [2.75, 3.05) is 0 Å². The largest absolute Gasteiger partial charge is 0.327 e. The molecule has 2 saturated carbocycles. The van der Waals surface area contributed by atoms with Gasteiger partial charge in [0.1, 0.15) is 0 Å². The Morgan fingerprint density at radius 2 is 1.42 bits per heavy atom. The van der Waals surface area contributed by atoms with E-state index in [1.807, 2.05) is 0 Å². The highest BCUT2D eigenvalue weighted by Gasteiger charge is 2.39. The van der Waals surface area contributed by atoms with Gasteiger partial charge >= 0.3 is 0 Å². The molecule has 1 nitrogen and oxygen atoms in total. The van der Waals surface area contributed by atoms with Crippen LogP contribution < -0.4 is 5.73 Å². The minimum atomic E-state index is 0.463. The van der Waals surface area contributed by atoms with Crippen molar-refractivity contribution in [3.05, 3.63) is 0 Å². The summed E-state index contributed by atoms with van der Waals surface area (Å²) in [4.78, 5) is 0. The van der Waals surface area contributed by atoms with Gasteiger partial charge in [-0.1, -0.05) is 34.6 Å². The van der Waals surface area contributed by atoms with E-state index in [0.29, 0.717) is 11.5 Å². The lowest BCUT2D eigenvalue weighted by Crippen LogP contribution is -2.44. The summed E-state index contributed by atoms with van der Waals surface area (Å²) in [5, 5.41) is 0. The molecule has 2 N–H and O–H groups in total. The lowest BCUT2D eigenvalue weighted by molar-refractivity contribution is 0.0605. The average molecular weight is 265 g/mol. The molecule has 2 aliphatic carbocycles. The lowest BCUT2D eigenvalue weighted by atomic mass is 9.61. The second-order valence-corrected chi connectivity index (χ2v) is 8.88. The maximum atomic E-state index is 6.51. The van der Waals surface area contributed by atoms with E-state index in [1.54, 1.807) is 0 Å². The Morgan fingerprint density at radius 1 is 0.842 bits per heavy atom. The first-order valence-electron chi connectivity index (χ1n) is 8.53. The quantitative estimate of drug-likeness (QED) is 0.720. The zero-order valence-electron chi connectivity index (χ0n) is 13.8. The molecule has 0 aromatic rings. The van der Waals surface area contributed by atoms with Crippen LogP contribution in [-0.2, 0) is 0 Å². The van der Waals surface area contributed by atoms with Gasteiger partial charge in [-0.25, -0.2) is 0 Å². The van der Waals surface area contributed by atoms with Crippen LogP contribution in [0.15, 0.2) is 0 Å². The molecule has 0 heterocycles. The van der Waals surface area contributed by atoms with E-state index in [1.165, 1.54) is 38.5 Å². The number of hydrogen-bond donors (Lipinski definition) is 1. The van der Waals surface area contributed by atoms with Crippen molar-refractivity contribution in [2.45, 2.75) is 79.2 Å². The summed E-state index contributed by atoms with van der Waals surface area (Å²) in [7, 11) is 0. The number of hydrogen-bond acceptors (Lipinski definition) is 1. The summed E-state index contributed by atoms with van der Waals surface area (Å²) in [5.74, 6) is 4.40. The molecule has 5 unspecified atom stereocenters. The standard InChI is InChI=1S/C18H35N/c1-12-8-13(2)10-14(9-12)16-11-15(18(3,4)5)6-7-17(16)19/h12-17H,6-11,19H2,1-5H3. The van der Waals surface area contributed by atoms with Crippen LogP contribution in [0.5, 0.6) is 0 Å². The maximum absolute atomic E-state index is 6.51. The molecule has 0 saturated heterocycles. The molecular formula is C18H35N. The zero-order valence-corrected chi connectivity index (χ0v) is 13.8. The summed E-state index contributed by atoms with van der Waals surface area (Å²) >= 11 is 0. The van der Waals surface area contributed by atoms with Crippen LogP contribution >= 0.6 is 0 Å². The fourth-order valence-electron chi connectivity index (χ4n) is 4.92. The van der Waals surface area contributed by atoms with Crippen LogP contribution in [0.3, 0.4) is 0 Å². The fourth-order valence-corrected chi connectivity index (χ4v) is 4.92. The van der Waals surface area contributed by atoms with E-state index in [0.717, 1.165) is 29.6 Å². The molecule has 0 aromatic carbocycles. The monoisotopic (exact) mass is 265 g/mol. The van der Waals surface area contributed by atoms with Crippen LogP contribution in [-0.4, -0.2) is 6.04 Å². The third-order valence-corrected chi connectivity index (χ3v) is 6.00. The fraction of sp³-hybridized carbons (Fsp3) is 1.00. The van der Waals surface area contributed by atoms with Crippen molar-refractivity contribution < 1.29 is 0 Å². The van der Waals surface area contributed by atoms with Gasteiger partial charge < -0.3 is 5.73 Å². The second-order valence-electron chi connectivity index (χ2n) is 8.88. The Kier molecular flexibility index (Phi) is 4.65. The molecule has 0 aromatic heterocycles. The van der Waals surface area contributed by atoms with Gasteiger partial charge in [-0.3, -0.25) is 0 Å². The van der Waals surface area contributed by atoms with Crippen molar-refractivity contribution >= 4 is 0 Å². The predicted octanol–water partition coefficient (Wildman–Crippen LogP) is 4.85. The minimum absolute atomic E-state index is 0.463. The predicted molar refractivity (Wildman–Crippen MR) is 83.9 cm³/mol. The highest BCUT2D eigenvalue weighted by Crippen LogP contribution is 2.46. The van der Waals surface area contributed by atoms with Crippen molar-refractivity contribution in [3.8, 4) is 0 Å². The van der Waals surface area contributed by atoms with Crippen LogP contribution in [0.2, 0.25) is 0 Å². The molecule has 0 spiro atoms. The highest BCUT2D eigenvalue weighted by molar-refractivity contribution is 4.92. The summed E-state index contributed by atoms with van der Waals surface area (Å²) < 4.78 is 0. The Labute approximate surface area is 120 Å². The van der Waals surface area contributed by atoms with Gasteiger partial charge in [0.15, 0.2) is 0 Å². The molecule has 0 aliphatic heterocycles. The Morgan fingerprint density at radius 3 is 1.95 bits per heavy atom. The molecule has 1 heteroatoms. The minimum Gasteiger partial charge on any atom is -0.327 e. The molecule has 2 fully saturated rings. The van der Waals surface area contributed by atoms with Gasteiger partial charge in [0.2, 0.25) is 0 Å². The first kappa shape index (κ1) is 15.4. The van der Waals surface area contributed by atoms with Gasteiger partial charge in [0.05, 0.1) is 0 Å². The van der Waals surface area contributed by atoms with E-state index in [9.17, 15) is 0 Å². The molecule has 112 valence electrons. The molecule has 2 rings (SSSR count). The summed E-state index contributed by atoms with van der Waals surface area (Å²) in [6, 6.07) is 0.473. The van der Waals surface area contributed by atoms with Gasteiger partial charge in [-0.15, -0.1) is 0 Å². The first-order valence-corrected chi connectivity index (χ1v) is 8.53. The molecule has 0 radical (unpaired) electrons. The topological polar surface area (TPSA) is 26.0 Å². The van der Waals surface area contributed by atoms with Crippen molar-refractivity contribution in [2.24, 2.45) is 40.7 Å². The van der Waals surface area contributed by atoms with E-state index in [2.05, 4.69) is 34.6 Å². The van der Waals surface area contributed by atoms with Gasteiger partial charge in [0, 0.05) is 6.04 Å². The number of nitrogens with two attached hydrogens (primary N) is 1. The van der Waals surface area contributed by atoms with Gasteiger partial charge in [-0.05, 0) is 73.5 Å². The first-order chi connectivity index (χ1) is 8.77. The molecular weight excluding hydrogens is 230 g/mol. The Balaban J connectivity index is 2.04. The summed E-state index contributed by atoms with van der Waals surface area (Å²) in [6.45, 7) is 12.1. The SMILES string of the molecule is CC1CC(C)CC(C2CC(C(C)(C)C)CCC2N)C1. The van der Waals surface area contributed by atoms with Crippen LogP contribution in [0.1, 0.15) is 73.1 Å². The van der Waals surface area contributed by atoms with Gasteiger partial charge in [-0.2, -0.15) is 0 Å². The lowest BCUT2D eigenvalue weighted by Gasteiger charge is -2.46. The van der Waals surface area contributed by atoms with Crippen molar-refractivity contribution in [1.29, 1.82) is 0 Å². The van der Waals surface area contributed by atoms with Crippen LogP contribution in [0.25, 0.3) is 0 Å². The number of rotatable bonds is 1. The second kappa shape index (κ2) is 5.76. The molecule has 19 heavy (non-hydrogen) atoms. The van der Waals surface area contributed by atoms with E-state index >= 15 is 0 Å². The summed E-state index contributed by atoms with van der Waals surface area (Å²) in [5.41, 5.74) is 6.97. The smallest absolute Gasteiger partial charge is 0.00700 e. The van der Waals surface area contributed by atoms with E-state index in [4.69, 9.17) is 5.73 Å². The van der Waals surface area contributed by atoms with Crippen molar-refractivity contribution in [3.63, 3.8) is 0 Å². The maximum Gasteiger partial charge on any atom is 0.00700 e. The summed E-state index contributed by atoms with van der Waals surface area (Å²) in [6.07, 6.45) is 8.28. The molecule has 0 bridgehead atoms.